The standard InChI is InChI=1S/C77H48N6/c1-4-20-49(21-5-1)50-38-43-55(44-39-50)82(69-37-19-34-66-71(69)61-29-12-16-33-65(61)77(66)63-31-14-10-26-57(63)58-27-11-15-32-64(58)77)56-45-40-51(41-46-56)54-42-47-68-62(48-54)73-72-60(59-28-13-17-35-67(59)78-73)30-18-36-70(72)83(68)76-80-74(52-22-6-2-7-23-52)79-75(81-76)53-24-8-3-9-25-53/h1-48H. The Morgan fingerprint density at radius 3 is 1.43 bits per heavy atom. The monoisotopic (exact) mass is 1060 g/mol. The van der Waals surface area contributed by atoms with Crippen molar-refractivity contribution in [3.63, 3.8) is 0 Å². The topological polar surface area (TPSA) is 58.0 Å². The summed E-state index contributed by atoms with van der Waals surface area (Å²) in [7, 11) is 0. The van der Waals surface area contributed by atoms with Crippen molar-refractivity contribution in [2.24, 2.45) is 0 Å². The van der Waals surface area contributed by atoms with E-state index in [0.717, 1.165) is 83.6 Å². The number of para-hydroxylation sites is 1. The van der Waals surface area contributed by atoms with Gasteiger partial charge in [0.05, 0.1) is 33.7 Å². The van der Waals surface area contributed by atoms with Gasteiger partial charge in [-0.25, -0.2) is 9.97 Å². The lowest BCUT2D eigenvalue weighted by Gasteiger charge is -2.32. The molecule has 0 amide bonds. The van der Waals surface area contributed by atoms with Gasteiger partial charge in [0.15, 0.2) is 11.6 Å². The van der Waals surface area contributed by atoms with Crippen molar-refractivity contribution < 1.29 is 0 Å². The van der Waals surface area contributed by atoms with Crippen molar-refractivity contribution in [1.82, 2.24) is 19.9 Å². The van der Waals surface area contributed by atoms with Crippen molar-refractivity contribution in [1.29, 1.82) is 0 Å². The molecular formula is C77H48N6. The van der Waals surface area contributed by atoms with Crippen molar-refractivity contribution in [3.05, 3.63) is 313 Å². The van der Waals surface area contributed by atoms with Crippen LogP contribution in [0.2, 0.25) is 0 Å². The van der Waals surface area contributed by atoms with E-state index < -0.39 is 5.41 Å². The number of anilines is 6. The second-order valence-corrected chi connectivity index (χ2v) is 21.6. The Kier molecular flexibility index (Phi) is 10.4. The van der Waals surface area contributed by atoms with E-state index in [1.165, 1.54) is 55.6 Å². The summed E-state index contributed by atoms with van der Waals surface area (Å²) in [5.41, 5.74) is 24.2. The number of hydrogen-bond donors (Lipinski definition) is 0. The quantitative estimate of drug-likeness (QED) is 0.141. The minimum Gasteiger partial charge on any atom is -0.310 e. The Hall–Kier alpha value is -11.1. The molecule has 2 aliphatic carbocycles. The van der Waals surface area contributed by atoms with Crippen LogP contribution >= 0.6 is 0 Å². The molecule has 17 rings (SSSR count). The number of fused-ring (bicyclic) bond motifs is 14. The summed E-state index contributed by atoms with van der Waals surface area (Å²) in [5, 5.41) is 3.26. The van der Waals surface area contributed by atoms with E-state index in [0.29, 0.717) is 17.6 Å². The molecule has 0 fully saturated rings. The zero-order chi connectivity index (χ0) is 54.6. The maximum absolute atomic E-state index is 5.51. The zero-order valence-electron chi connectivity index (χ0n) is 44.9. The third-order valence-corrected chi connectivity index (χ3v) is 17.3. The van der Waals surface area contributed by atoms with E-state index in [9.17, 15) is 0 Å². The molecule has 2 aromatic heterocycles. The first kappa shape index (κ1) is 46.8. The number of rotatable bonds is 8. The van der Waals surface area contributed by atoms with Gasteiger partial charge in [-0.05, 0) is 121 Å². The first-order chi connectivity index (χ1) is 41.2. The van der Waals surface area contributed by atoms with Crippen molar-refractivity contribution in [2.45, 2.75) is 5.41 Å². The second kappa shape index (κ2) is 18.5. The molecule has 14 aromatic rings. The largest absolute Gasteiger partial charge is 0.310 e. The van der Waals surface area contributed by atoms with Gasteiger partial charge in [-0.2, -0.15) is 9.97 Å². The minimum atomic E-state index is -0.478. The van der Waals surface area contributed by atoms with Crippen LogP contribution in [0.5, 0.6) is 0 Å². The van der Waals surface area contributed by atoms with Crippen LogP contribution in [0.1, 0.15) is 22.3 Å². The van der Waals surface area contributed by atoms with Crippen LogP contribution in [0.4, 0.5) is 34.4 Å². The van der Waals surface area contributed by atoms with Gasteiger partial charge in [0.2, 0.25) is 5.95 Å². The average Bonchev–Trinajstić information content (AvgIpc) is 1.61. The van der Waals surface area contributed by atoms with Gasteiger partial charge in [-0.15, -0.1) is 0 Å². The fraction of sp³-hybridized carbons (Fsp3) is 0.0130. The highest BCUT2D eigenvalue weighted by Gasteiger charge is 2.52. The number of nitrogens with zero attached hydrogens (tertiary/aromatic N) is 6. The van der Waals surface area contributed by atoms with Gasteiger partial charge >= 0.3 is 0 Å². The normalized spacial score (nSPS) is 12.9. The zero-order valence-corrected chi connectivity index (χ0v) is 44.9. The lowest BCUT2D eigenvalue weighted by Crippen LogP contribution is -2.26. The average molecular weight is 1060 g/mol. The molecule has 0 radical (unpaired) electrons. The first-order valence-corrected chi connectivity index (χ1v) is 28.3. The third-order valence-electron chi connectivity index (χ3n) is 17.3. The number of benzene rings is 12. The molecule has 6 nitrogen and oxygen atoms in total. The molecule has 0 bridgehead atoms. The second-order valence-electron chi connectivity index (χ2n) is 21.6. The summed E-state index contributed by atoms with van der Waals surface area (Å²) in [6, 6.07) is 105. The van der Waals surface area contributed by atoms with Gasteiger partial charge in [0.1, 0.15) is 0 Å². The molecule has 1 aliphatic heterocycles. The van der Waals surface area contributed by atoms with Crippen molar-refractivity contribution >= 4 is 56.1 Å². The summed E-state index contributed by atoms with van der Waals surface area (Å²) in [4.78, 5) is 25.9. The van der Waals surface area contributed by atoms with E-state index in [2.05, 4.69) is 265 Å². The van der Waals surface area contributed by atoms with E-state index in [4.69, 9.17) is 19.9 Å². The number of hydrogen-bond acceptors (Lipinski definition) is 6. The molecular weight excluding hydrogens is 1010 g/mol. The summed E-state index contributed by atoms with van der Waals surface area (Å²) in [5.74, 6) is 1.73. The molecule has 0 N–H and O–H groups in total. The van der Waals surface area contributed by atoms with E-state index in [1.54, 1.807) is 0 Å². The Balaban J connectivity index is 0.839. The Bertz CT molecular complexity index is 4800. The fourth-order valence-electron chi connectivity index (χ4n) is 13.7. The van der Waals surface area contributed by atoms with E-state index >= 15 is 0 Å². The third kappa shape index (κ3) is 7.09. The van der Waals surface area contributed by atoms with Crippen molar-refractivity contribution in [2.75, 3.05) is 9.80 Å². The van der Waals surface area contributed by atoms with E-state index in [-0.39, 0.29) is 0 Å². The van der Waals surface area contributed by atoms with Crippen LogP contribution in [-0.4, -0.2) is 19.9 Å². The lowest BCUT2D eigenvalue weighted by molar-refractivity contribution is 0.794. The van der Waals surface area contributed by atoms with Crippen molar-refractivity contribution in [3.8, 4) is 78.5 Å². The van der Waals surface area contributed by atoms with Gasteiger partial charge in [-0.1, -0.05) is 237 Å². The molecule has 1 spiro atoms. The van der Waals surface area contributed by atoms with Crippen LogP contribution in [0, 0.1) is 0 Å². The Labute approximate surface area is 480 Å². The predicted molar refractivity (Wildman–Crippen MR) is 339 cm³/mol. The maximum atomic E-state index is 5.51. The Morgan fingerprint density at radius 1 is 0.313 bits per heavy atom. The molecule has 386 valence electrons. The Morgan fingerprint density at radius 2 is 0.795 bits per heavy atom. The minimum absolute atomic E-state index is 0.478. The van der Waals surface area contributed by atoms with Crippen LogP contribution in [-0.2, 0) is 5.41 Å². The highest BCUT2D eigenvalue weighted by Crippen LogP contribution is 2.65. The summed E-state index contributed by atoms with van der Waals surface area (Å²) in [6.45, 7) is 0. The van der Waals surface area contributed by atoms with E-state index in [1.807, 2.05) is 36.4 Å². The molecule has 0 saturated carbocycles. The SMILES string of the molecule is c1ccc(-c2ccc(N(c3ccc(-c4ccc5c(c4)-c4nc6ccccc6c6cccc(c46)N5c4nc(-c5ccccc5)nc(-c5ccccc5)n4)cc3)c3cccc4c3-c3ccccc3C43c4ccccc4-c4ccccc43)cc2)cc1. The van der Waals surface area contributed by atoms with Crippen LogP contribution < -0.4 is 9.80 Å². The highest BCUT2D eigenvalue weighted by molar-refractivity contribution is 6.20. The molecule has 0 saturated heterocycles. The number of pyridine rings is 1. The highest BCUT2D eigenvalue weighted by atomic mass is 15.3. The smallest absolute Gasteiger partial charge is 0.238 e. The maximum Gasteiger partial charge on any atom is 0.238 e. The molecule has 3 aliphatic rings. The summed E-state index contributed by atoms with van der Waals surface area (Å²) < 4.78 is 0. The molecule has 6 heteroatoms. The fourth-order valence-corrected chi connectivity index (χ4v) is 13.7. The first-order valence-electron chi connectivity index (χ1n) is 28.3. The van der Waals surface area contributed by atoms with Crippen LogP contribution in [0.3, 0.4) is 0 Å². The van der Waals surface area contributed by atoms with Crippen LogP contribution in [0.25, 0.3) is 100 Å². The summed E-state index contributed by atoms with van der Waals surface area (Å²) >= 11 is 0. The molecule has 83 heavy (non-hydrogen) atoms. The predicted octanol–water partition coefficient (Wildman–Crippen LogP) is 19.5. The number of aromatic nitrogens is 4. The molecule has 0 atom stereocenters. The van der Waals surface area contributed by atoms with Gasteiger partial charge < -0.3 is 4.90 Å². The molecule has 0 unspecified atom stereocenters. The van der Waals surface area contributed by atoms with Gasteiger partial charge in [0.25, 0.3) is 0 Å². The lowest BCUT2D eigenvalue weighted by atomic mass is 9.70. The molecule has 3 heterocycles. The molecule has 12 aromatic carbocycles. The summed E-state index contributed by atoms with van der Waals surface area (Å²) in [6.07, 6.45) is 0. The van der Waals surface area contributed by atoms with Crippen LogP contribution in [0.15, 0.2) is 291 Å². The van der Waals surface area contributed by atoms with Gasteiger partial charge in [-0.3, -0.25) is 4.90 Å². The van der Waals surface area contributed by atoms with Gasteiger partial charge in [0, 0.05) is 44.4 Å².